The van der Waals surface area contributed by atoms with Crippen LogP contribution in [0.15, 0.2) is 42.7 Å². The molecule has 1 saturated heterocycles. The van der Waals surface area contributed by atoms with E-state index in [2.05, 4.69) is 10.4 Å². The number of methoxy groups -OCH3 is 1. The Bertz CT molecular complexity index is 745. The van der Waals surface area contributed by atoms with Crippen LogP contribution < -0.4 is 10.1 Å². The van der Waals surface area contributed by atoms with E-state index >= 15 is 0 Å². The average molecular weight is 356 g/mol. The molecule has 2 amide bonds. The van der Waals surface area contributed by atoms with E-state index in [4.69, 9.17) is 4.74 Å². The molecule has 1 aromatic carbocycles. The number of ether oxygens (including phenoxy) is 1. The fourth-order valence-corrected chi connectivity index (χ4v) is 3.14. The first-order valence-electron chi connectivity index (χ1n) is 8.81. The van der Waals surface area contributed by atoms with E-state index in [-0.39, 0.29) is 17.7 Å². The highest BCUT2D eigenvalue weighted by atomic mass is 16.5. The fourth-order valence-electron chi connectivity index (χ4n) is 3.14. The van der Waals surface area contributed by atoms with Gasteiger partial charge in [0.1, 0.15) is 5.75 Å². The second kappa shape index (κ2) is 8.51. The molecule has 0 unspecified atom stereocenters. The minimum Gasteiger partial charge on any atom is -0.497 e. The molecule has 7 heteroatoms. The van der Waals surface area contributed by atoms with Crippen molar-refractivity contribution in [2.45, 2.75) is 25.9 Å². The van der Waals surface area contributed by atoms with Gasteiger partial charge in [-0.1, -0.05) is 12.1 Å². The Morgan fingerprint density at radius 1 is 1.38 bits per heavy atom. The van der Waals surface area contributed by atoms with Gasteiger partial charge < -0.3 is 15.0 Å². The number of likely N-dealkylation sites (tertiary alicyclic amines) is 1. The lowest BCUT2D eigenvalue weighted by Gasteiger charge is -2.32. The van der Waals surface area contributed by atoms with Gasteiger partial charge >= 0.3 is 0 Å². The summed E-state index contributed by atoms with van der Waals surface area (Å²) in [5.74, 6) is 0.685. The third-order valence-electron chi connectivity index (χ3n) is 4.58. The van der Waals surface area contributed by atoms with Crippen molar-refractivity contribution < 1.29 is 14.3 Å². The van der Waals surface area contributed by atoms with Crippen LogP contribution in [0.25, 0.3) is 0 Å². The summed E-state index contributed by atoms with van der Waals surface area (Å²) in [5, 5.41) is 7.06. The van der Waals surface area contributed by atoms with E-state index < -0.39 is 0 Å². The summed E-state index contributed by atoms with van der Waals surface area (Å²) in [6, 6.07) is 9.51. The molecule has 1 aromatic heterocycles. The molecule has 0 saturated carbocycles. The normalized spacial score (nSPS) is 17.2. The van der Waals surface area contributed by atoms with Gasteiger partial charge in [-0.05, 0) is 30.2 Å². The van der Waals surface area contributed by atoms with Gasteiger partial charge in [0, 0.05) is 38.4 Å². The smallest absolute Gasteiger partial charge is 0.224 e. The highest BCUT2D eigenvalue weighted by Gasteiger charge is 2.30. The van der Waals surface area contributed by atoms with Gasteiger partial charge in [-0.15, -0.1) is 0 Å². The van der Waals surface area contributed by atoms with Crippen molar-refractivity contribution in [3.8, 4) is 5.75 Å². The second-order valence-corrected chi connectivity index (χ2v) is 6.42. The van der Waals surface area contributed by atoms with Gasteiger partial charge in [0.2, 0.25) is 11.8 Å². The Morgan fingerprint density at radius 2 is 2.27 bits per heavy atom. The van der Waals surface area contributed by atoms with E-state index in [1.807, 2.05) is 36.5 Å². The lowest BCUT2D eigenvalue weighted by Crippen LogP contribution is -2.45. The quantitative estimate of drug-likeness (QED) is 0.815. The van der Waals surface area contributed by atoms with Crippen molar-refractivity contribution in [1.82, 2.24) is 20.0 Å². The number of benzene rings is 1. The third-order valence-corrected chi connectivity index (χ3v) is 4.58. The van der Waals surface area contributed by atoms with Gasteiger partial charge in [0.15, 0.2) is 0 Å². The van der Waals surface area contributed by atoms with Crippen LogP contribution in [0.4, 0.5) is 0 Å². The largest absolute Gasteiger partial charge is 0.497 e. The van der Waals surface area contributed by atoms with E-state index in [1.54, 1.807) is 22.9 Å². The Labute approximate surface area is 152 Å². The van der Waals surface area contributed by atoms with Crippen molar-refractivity contribution in [3.63, 3.8) is 0 Å². The number of rotatable bonds is 7. The number of nitrogens with one attached hydrogen (secondary N) is 1. The Balaban J connectivity index is 1.53. The van der Waals surface area contributed by atoms with Crippen LogP contribution >= 0.6 is 0 Å². The molecule has 1 aliphatic rings. The number of aromatic nitrogens is 2. The maximum atomic E-state index is 12.4. The van der Waals surface area contributed by atoms with Crippen molar-refractivity contribution in [2.24, 2.45) is 5.92 Å². The average Bonchev–Trinajstić information content (AvgIpc) is 3.17. The van der Waals surface area contributed by atoms with Crippen LogP contribution in [0.5, 0.6) is 5.75 Å². The topological polar surface area (TPSA) is 76.5 Å². The number of carbonyl (C=O) groups excluding carboxylic acids is 2. The van der Waals surface area contributed by atoms with E-state index in [9.17, 15) is 9.59 Å². The summed E-state index contributed by atoms with van der Waals surface area (Å²) in [7, 11) is 1.62. The maximum absolute atomic E-state index is 12.4. The van der Waals surface area contributed by atoms with Crippen LogP contribution in [-0.2, 0) is 22.7 Å². The molecular formula is C19H24N4O3. The van der Waals surface area contributed by atoms with Gasteiger partial charge in [-0.2, -0.15) is 5.10 Å². The summed E-state index contributed by atoms with van der Waals surface area (Å²) in [6.07, 6.45) is 4.58. The van der Waals surface area contributed by atoms with Crippen molar-refractivity contribution in [1.29, 1.82) is 0 Å². The van der Waals surface area contributed by atoms with Crippen LogP contribution in [0.1, 0.15) is 18.4 Å². The number of piperidine rings is 1. The van der Waals surface area contributed by atoms with Crippen LogP contribution in [0.2, 0.25) is 0 Å². The molecule has 1 fully saturated rings. The third kappa shape index (κ3) is 4.62. The fraction of sp³-hybridized carbons (Fsp3) is 0.421. The van der Waals surface area contributed by atoms with Crippen LogP contribution in [0, 0.1) is 5.92 Å². The summed E-state index contributed by atoms with van der Waals surface area (Å²) in [4.78, 5) is 26.4. The van der Waals surface area contributed by atoms with Crippen molar-refractivity contribution in [2.75, 3.05) is 20.2 Å². The molecule has 3 rings (SSSR count). The highest BCUT2D eigenvalue weighted by molar-refractivity contribution is 5.83. The second-order valence-electron chi connectivity index (χ2n) is 6.42. The lowest BCUT2D eigenvalue weighted by atomic mass is 9.96. The zero-order valence-corrected chi connectivity index (χ0v) is 14.9. The first kappa shape index (κ1) is 18.0. The summed E-state index contributed by atoms with van der Waals surface area (Å²) < 4.78 is 7.01. The lowest BCUT2D eigenvalue weighted by molar-refractivity contribution is -0.138. The van der Waals surface area contributed by atoms with Gasteiger partial charge in [-0.25, -0.2) is 0 Å². The van der Waals surface area contributed by atoms with Crippen molar-refractivity contribution in [3.05, 3.63) is 48.3 Å². The van der Waals surface area contributed by atoms with E-state index in [0.717, 1.165) is 11.3 Å². The summed E-state index contributed by atoms with van der Waals surface area (Å²) in [5.41, 5.74) is 0.998. The first-order valence-corrected chi connectivity index (χ1v) is 8.81. The van der Waals surface area contributed by atoms with Crippen molar-refractivity contribution >= 4 is 11.8 Å². The number of hydrogen-bond acceptors (Lipinski definition) is 4. The molecule has 1 aliphatic heterocycles. The Hall–Kier alpha value is -2.83. The predicted octanol–water partition coefficient (Wildman–Crippen LogP) is 1.45. The molecule has 1 N–H and O–H groups in total. The SMILES string of the molecule is COc1cccc(CN2C[C@H](C(=O)NCCn3cccn3)CCC2=O)c1. The molecule has 1 atom stereocenters. The molecule has 26 heavy (non-hydrogen) atoms. The van der Waals surface area contributed by atoms with Gasteiger partial charge in [0.25, 0.3) is 0 Å². The van der Waals surface area contributed by atoms with E-state index in [1.165, 1.54) is 0 Å². The molecule has 0 spiro atoms. The summed E-state index contributed by atoms with van der Waals surface area (Å²) in [6.45, 7) is 2.11. The maximum Gasteiger partial charge on any atom is 0.224 e. The zero-order valence-electron chi connectivity index (χ0n) is 14.9. The summed E-state index contributed by atoms with van der Waals surface area (Å²) >= 11 is 0. The molecule has 0 radical (unpaired) electrons. The molecule has 0 bridgehead atoms. The minimum atomic E-state index is -0.170. The minimum absolute atomic E-state index is 0.000276. The number of hydrogen-bond donors (Lipinski definition) is 1. The Morgan fingerprint density at radius 3 is 3.04 bits per heavy atom. The number of carbonyl (C=O) groups is 2. The molecule has 2 heterocycles. The number of amides is 2. The van der Waals surface area contributed by atoms with Gasteiger partial charge in [-0.3, -0.25) is 14.3 Å². The molecule has 0 aliphatic carbocycles. The molecular weight excluding hydrogens is 332 g/mol. The van der Waals surface area contributed by atoms with E-state index in [0.29, 0.717) is 39.0 Å². The van der Waals surface area contributed by atoms with Crippen LogP contribution in [0.3, 0.4) is 0 Å². The number of nitrogens with zero attached hydrogens (tertiary/aromatic N) is 3. The predicted molar refractivity (Wildman–Crippen MR) is 96.4 cm³/mol. The first-order chi connectivity index (χ1) is 12.7. The standard InChI is InChI=1S/C19H24N4O3/c1-26-17-5-2-4-15(12-17)13-22-14-16(6-7-18(22)24)19(25)20-9-11-23-10-3-8-21-23/h2-5,8,10,12,16H,6-7,9,11,13-14H2,1H3,(H,20,25)/t16-/m1/s1. The van der Waals surface area contributed by atoms with Gasteiger partial charge in [0.05, 0.1) is 19.6 Å². The molecule has 2 aromatic rings. The molecule has 138 valence electrons. The zero-order chi connectivity index (χ0) is 18.4. The monoisotopic (exact) mass is 356 g/mol. The molecule has 7 nitrogen and oxygen atoms in total. The van der Waals surface area contributed by atoms with Crippen LogP contribution in [-0.4, -0.2) is 46.7 Å². The Kier molecular flexibility index (Phi) is 5.88. The highest BCUT2D eigenvalue weighted by Crippen LogP contribution is 2.21.